The lowest BCUT2D eigenvalue weighted by Crippen LogP contribution is -2.36. The molecule has 4 nitrogen and oxygen atoms in total. The second kappa shape index (κ2) is 5.34. The Kier molecular flexibility index (Phi) is 3.52. The van der Waals surface area contributed by atoms with Gasteiger partial charge >= 0.3 is 0 Å². The summed E-state index contributed by atoms with van der Waals surface area (Å²) < 4.78 is 1.78. The van der Waals surface area contributed by atoms with Crippen LogP contribution in [0.25, 0.3) is 0 Å². The average molecular weight is 281 g/mol. The molecule has 2 atom stereocenters. The van der Waals surface area contributed by atoms with Crippen LogP contribution in [0.15, 0.2) is 36.7 Å². The van der Waals surface area contributed by atoms with Gasteiger partial charge in [0, 0.05) is 18.3 Å². The van der Waals surface area contributed by atoms with Gasteiger partial charge in [-0.25, -0.2) is 0 Å². The number of benzene rings is 1. The summed E-state index contributed by atoms with van der Waals surface area (Å²) in [6.45, 7) is 2.75. The highest BCUT2D eigenvalue weighted by Gasteiger charge is 2.44. The third-order valence-electron chi connectivity index (χ3n) is 4.47. The van der Waals surface area contributed by atoms with Crippen LogP contribution in [0, 0.1) is 11.3 Å². The third-order valence-corrected chi connectivity index (χ3v) is 4.47. The maximum Gasteiger partial charge on any atom is 0.113 e. The van der Waals surface area contributed by atoms with E-state index in [0.717, 1.165) is 30.5 Å². The summed E-state index contributed by atoms with van der Waals surface area (Å²) >= 11 is 0. The summed E-state index contributed by atoms with van der Waals surface area (Å²) in [6, 6.07) is 10.4. The van der Waals surface area contributed by atoms with Crippen LogP contribution in [0.3, 0.4) is 0 Å². The summed E-state index contributed by atoms with van der Waals surface area (Å²) in [4.78, 5) is 0. The zero-order valence-corrected chi connectivity index (χ0v) is 12.2. The highest BCUT2D eigenvalue weighted by atomic mass is 16.3. The molecule has 1 heterocycles. The first-order valence-electron chi connectivity index (χ1n) is 7.41. The number of rotatable bonds is 3. The van der Waals surface area contributed by atoms with Gasteiger partial charge in [-0.3, -0.25) is 4.68 Å². The van der Waals surface area contributed by atoms with Crippen LogP contribution in [0.1, 0.15) is 42.6 Å². The molecule has 0 saturated carbocycles. The van der Waals surface area contributed by atoms with Crippen molar-refractivity contribution >= 4 is 0 Å². The standard InChI is InChI=1S/C17H19N3O/c1-2-20-11-14(10-19-20)16(21)17(12-18)9-5-7-13-6-3-4-8-15(13)17/h3-4,6,8,10-11,16,21H,2,5,7,9H2,1H3. The minimum atomic E-state index is -0.865. The number of aliphatic hydroxyl groups is 1. The highest BCUT2D eigenvalue weighted by molar-refractivity contribution is 5.44. The Morgan fingerprint density at radius 3 is 3.00 bits per heavy atom. The summed E-state index contributed by atoms with van der Waals surface area (Å²) in [5, 5.41) is 24.9. The van der Waals surface area contributed by atoms with E-state index in [0.29, 0.717) is 6.42 Å². The van der Waals surface area contributed by atoms with Crippen LogP contribution in [0.4, 0.5) is 0 Å². The number of aromatic nitrogens is 2. The molecular formula is C17H19N3O. The highest BCUT2D eigenvalue weighted by Crippen LogP contribution is 2.45. The van der Waals surface area contributed by atoms with E-state index in [2.05, 4.69) is 17.2 Å². The number of aryl methyl sites for hydroxylation is 2. The van der Waals surface area contributed by atoms with E-state index in [9.17, 15) is 10.4 Å². The molecular weight excluding hydrogens is 262 g/mol. The summed E-state index contributed by atoms with van der Waals surface area (Å²) in [7, 11) is 0. The van der Waals surface area contributed by atoms with Crippen LogP contribution in [-0.4, -0.2) is 14.9 Å². The zero-order chi connectivity index (χ0) is 14.9. The third kappa shape index (κ3) is 2.14. The average Bonchev–Trinajstić information content (AvgIpc) is 3.02. The van der Waals surface area contributed by atoms with Crippen molar-refractivity contribution in [2.45, 2.75) is 44.2 Å². The minimum Gasteiger partial charge on any atom is -0.386 e. The summed E-state index contributed by atoms with van der Waals surface area (Å²) in [6.07, 6.45) is 5.23. The first-order valence-corrected chi connectivity index (χ1v) is 7.41. The Bertz CT molecular complexity index is 685. The van der Waals surface area contributed by atoms with Crippen molar-refractivity contribution < 1.29 is 5.11 Å². The van der Waals surface area contributed by atoms with Crippen molar-refractivity contribution in [2.75, 3.05) is 0 Å². The van der Waals surface area contributed by atoms with E-state index in [1.54, 1.807) is 10.9 Å². The molecule has 2 aromatic rings. The van der Waals surface area contributed by atoms with Crippen molar-refractivity contribution in [3.63, 3.8) is 0 Å². The molecule has 0 radical (unpaired) electrons. The lowest BCUT2D eigenvalue weighted by molar-refractivity contribution is 0.0995. The molecule has 1 aromatic carbocycles. The van der Waals surface area contributed by atoms with Crippen molar-refractivity contribution in [1.82, 2.24) is 9.78 Å². The largest absolute Gasteiger partial charge is 0.386 e. The number of hydrogen-bond donors (Lipinski definition) is 1. The molecule has 0 saturated heterocycles. The van der Waals surface area contributed by atoms with Crippen molar-refractivity contribution in [1.29, 1.82) is 5.26 Å². The van der Waals surface area contributed by atoms with Crippen LogP contribution in [0.5, 0.6) is 0 Å². The van der Waals surface area contributed by atoms with Gasteiger partial charge in [-0.1, -0.05) is 24.3 Å². The molecule has 3 rings (SSSR count). The van der Waals surface area contributed by atoms with Gasteiger partial charge in [0.25, 0.3) is 0 Å². The maximum absolute atomic E-state index is 10.9. The van der Waals surface area contributed by atoms with Gasteiger partial charge in [0.1, 0.15) is 11.5 Å². The molecule has 0 amide bonds. The molecule has 1 N–H and O–H groups in total. The summed E-state index contributed by atoms with van der Waals surface area (Å²) in [5.41, 5.74) is 1.99. The van der Waals surface area contributed by atoms with Crippen LogP contribution in [0.2, 0.25) is 0 Å². The molecule has 1 aliphatic carbocycles. The SMILES string of the molecule is CCn1cc(C(O)C2(C#N)CCCc3ccccc32)cn1. The maximum atomic E-state index is 10.9. The number of aliphatic hydroxyl groups excluding tert-OH is 1. The van der Waals surface area contributed by atoms with Gasteiger partial charge < -0.3 is 5.11 Å². The fourth-order valence-corrected chi connectivity index (χ4v) is 3.31. The normalized spacial score (nSPS) is 22.3. The molecule has 4 heteroatoms. The van der Waals surface area contributed by atoms with Gasteiger partial charge in [-0.2, -0.15) is 10.4 Å². The molecule has 0 aliphatic heterocycles. The lowest BCUT2D eigenvalue weighted by atomic mass is 9.66. The number of hydrogen-bond acceptors (Lipinski definition) is 3. The van der Waals surface area contributed by atoms with Gasteiger partial charge in [-0.15, -0.1) is 0 Å². The minimum absolute atomic E-state index is 0.680. The van der Waals surface area contributed by atoms with E-state index >= 15 is 0 Å². The van der Waals surface area contributed by atoms with Crippen molar-refractivity contribution in [3.05, 3.63) is 53.3 Å². The molecule has 0 fully saturated rings. The smallest absolute Gasteiger partial charge is 0.113 e. The molecule has 2 unspecified atom stereocenters. The molecule has 0 bridgehead atoms. The van der Waals surface area contributed by atoms with Crippen LogP contribution in [-0.2, 0) is 18.4 Å². The lowest BCUT2D eigenvalue weighted by Gasteiger charge is -2.36. The second-order valence-electron chi connectivity index (χ2n) is 5.63. The van der Waals surface area contributed by atoms with Crippen molar-refractivity contribution in [3.8, 4) is 6.07 Å². The summed E-state index contributed by atoms with van der Waals surface area (Å²) in [5.74, 6) is 0. The van der Waals surface area contributed by atoms with E-state index in [4.69, 9.17) is 0 Å². The van der Waals surface area contributed by atoms with Gasteiger partial charge in [0.2, 0.25) is 0 Å². The monoisotopic (exact) mass is 281 g/mol. The Balaban J connectivity index is 2.07. The molecule has 0 spiro atoms. The predicted molar refractivity (Wildman–Crippen MR) is 79.5 cm³/mol. The quantitative estimate of drug-likeness (QED) is 0.941. The molecule has 1 aromatic heterocycles. The molecule has 1 aliphatic rings. The first kappa shape index (κ1) is 13.8. The Hall–Kier alpha value is -2.12. The Morgan fingerprint density at radius 1 is 1.48 bits per heavy atom. The fraction of sp³-hybridized carbons (Fsp3) is 0.412. The van der Waals surface area contributed by atoms with Gasteiger partial charge in [0.05, 0.1) is 12.3 Å². The number of nitriles is 1. The molecule has 108 valence electrons. The van der Waals surface area contributed by atoms with Crippen LogP contribution < -0.4 is 0 Å². The topological polar surface area (TPSA) is 61.8 Å². The van der Waals surface area contributed by atoms with E-state index in [1.807, 2.05) is 31.3 Å². The number of nitrogens with zero attached hydrogens (tertiary/aromatic N) is 3. The Morgan fingerprint density at radius 2 is 2.29 bits per heavy atom. The fourth-order valence-electron chi connectivity index (χ4n) is 3.31. The predicted octanol–water partition coefficient (Wildman–Crippen LogP) is 2.73. The zero-order valence-electron chi connectivity index (χ0n) is 12.2. The molecule has 21 heavy (non-hydrogen) atoms. The Labute approximate surface area is 124 Å². The first-order chi connectivity index (χ1) is 10.2. The van der Waals surface area contributed by atoms with E-state index < -0.39 is 11.5 Å². The van der Waals surface area contributed by atoms with Gasteiger partial charge in [-0.05, 0) is 37.3 Å². The van der Waals surface area contributed by atoms with Gasteiger partial charge in [0.15, 0.2) is 0 Å². The number of fused-ring (bicyclic) bond motifs is 1. The van der Waals surface area contributed by atoms with Crippen molar-refractivity contribution in [2.24, 2.45) is 0 Å². The van der Waals surface area contributed by atoms with Crippen LogP contribution >= 0.6 is 0 Å². The van der Waals surface area contributed by atoms with E-state index in [-0.39, 0.29) is 0 Å². The second-order valence-corrected chi connectivity index (χ2v) is 5.63. The van der Waals surface area contributed by atoms with E-state index in [1.165, 1.54) is 5.56 Å².